The van der Waals surface area contributed by atoms with E-state index in [0.717, 1.165) is 37.4 Å². The summed E-state index contributed by atoms with van der Waals surface area (Å²) in [6, 6.07) is 0. The van der Waals surface area contributed by atoms with Crippen LogP contribution in [0.1, 0.15) is 18.9 Å². The summed E-state index contributed by atoms with van der Waals surface area (Å²) in [5, 5.41) is 0.316. The lowest BCUT2D eigenvalue weighted by Crippen LogP contribution is -2.28. The number of anilines is 1. The van der Waals surface area contributed by atoms with Gasteiger partial charge in [-0.15, -0.1) is 0 Å². The summed E-state index contributed by atoms with van der Waals surface area (Å²) < 4.78 is 0. The van der Waals surface area contributed by atoms with Crippen molar-refractivity contribution in [1.82, 2.24) is 14.9 Å². The smallest absolute Gasteiger partial charge is 0.224 e. The maximum Gasteiger partial charge on any atom is 0.224 e. The summed E-state index contributed by atoms with van der Waals surface area (Å²) in [6.07, 6.45) is 2.89. The van der Waals surface area contributed by atoms with Crippen LogP contribution in [0.3, 0.4) is 0 Å². The van der Waals surface area contributed by atoms with Gasteiger partial charge in [0.05, 0.1) is 0 Å². The quantitative estimate of drug-likeness (QED) is 0.731. The molecule has 0 bridgehead atoms. The van der Waals surface area contributed by atoms with Gasteiger partial charge in [0, 0.05) is 24.8 Å². The normalized spacial score (nSPS) is 10.9. The molecular formula is C12H21ClN4. The molecule has 4 nitrogen and oxygen atoms in total. The van der Waals surface area contributed by atoms with Crippen molar-refractivity contribution in [1.29, 1.82) is 0 Å². The van der Waals surface area contributed by atoms with Gasteiger partial charge >= 0.3 is 0 Å². The first-order valence-electron chi connectivity index (χ1n) is 5.93. The van der Waals surface area contributed by atoms with Crippen molar-refractivity contribution in [2.24, 2.45) is 0 Å². The number of hydrogen-bond donors (Lipinski definition) is 0. The molecule has 0 aliphatic rings. The Kier molecular flexibility index (Phi) is 5.65. The van der Waals surface area contributed by atoms with E-state index in [1.54, 1.807) is 6.20 Å². The molecule has 0 aliphatic heterocycles. The van der Waals surface area contributed by atoms with E-state index < -0.39 is 0 Å². The predicted octanol–water partition coefficient (Wildman–Crippen LogP) is 2.22. The molecule has 1 aromatic heterocycles. The van der Waals surface area contributed by atoms with Crippen LogP contribution in [0.2, 0.25) is 5.28 Å². The Balaban J connectivity index is 2.68. The van der Waals surface area contributed by atoms with Crippen molar-refractivity contribution in [3.8, 4) is 0 Å². The fourth-order valence-corrected chi connectivity index (χ4v) is 1.85. The SMILES string of the molecule is CCN(CCCN(C)C)c1nc(Cl)ncc1C. The Morgan fingerprint density at radius 2 is 2.00 bits per heavy atom. The topological polar surface area (TPSA) is 32.3 Å². The highest BCUT2D eigenvalue weighted by Gasteiger charge is 2.10. The molecule has 0 spiro atoms. The zero-order valence-corrected chi connectivity index (χ0v) is 11.8. The molecule has 0 radical (unpaired) electrons. The molecule has 0 atom stereocenters. The number of hydrogen-bond acceptors (Lipinski definition) is 4. The molecule has 0 saturated heterocycles. The van der Waals surface area contributed by atoms with Crippen LogP contribution in [0.5, 0.6) is 0 Å². The Labute approximate surface area is 109 Å². The van der Waals surface area contributed by atoms with Gasteiger partial charge < -0.3 is 9.80 Å². The predicted molar refractivity (Wildman–Crippen MR) is 72.8 cm³/mol. The summed E-state index contributed by atoms with van der Waals surface area (Å²) in [4.78, 5) is 12.7. The minimum Gasteiger partial charge on any atom is -0.356 e. The van der Waals surface area contributed by atoms with E-state index in [1.807, 2.05) is 6.92 Å². The van der Waals surface area contributed by atoms with Crippen LogP contribution in [0, 0.1) is 6.92 Å². The highest BCUT2D eigenvalue weighted by molar-refractivity contribution is 6.28. The number of halogens is 1. The zero-order chi connectivity index (χ0) is 12.8. The Bertz CT molecular complexity index is 354. The number of aromatic nitrogens is 2. The molecule has 17 heavy (non-hydrogen) atoms. The number of nitrogens with zero attached hydrogens (tertiary/aromatic N) is 4. The minimum atomic E-state index is 0.316. The average Bonchev–Trinajstić information content (AvgIpc) is 2.28. The van der Waals surface area contributed by atoms with E-state index in [1.165, 1.54) is 0 Å². The second-order valence-corrected chi connectivity index (χ2v) is 4.72. The van der Waals surface area contributed by atoms with Crippen LogP contribution < -0.4 is 4.90 Å². The Morgan fingerprint density at radius 1 is 1.29 bits per heavy atom. The highest BCUT2D eigenvalue weighted by atomic mass is 35.5. The first kappa shape index (κ1) is 14.2. The molecule has 0 N–H and O–H groups in total. The van der Waals surface area contributed by atoms with Gasteiger partial charge in [-0.2, -0.15) is 0 Å². The van der Waals surface area contributed by atoms with Crippen molar-refractivity contribution in [2.45, 2.75) is 20.3 Å². The number of rotatable bonds is 6. The third-order valence-electron chi connectivity index (χ3n) is 2.63. The van der Waals surface area contributed by atoms with E-state index in [-0.39, 0.29) is 0 Å². The molecule has 1 rings (SSSR count). The molecule has 1 heterocycles. The second-order valence-electron chi connectivity index (χ2n) is 4.38. The van der Waals surface area contributed by atoms with Gasteiger partial charge in [-0.1, -0.05) is 0 Å². The molecule has 0 aromatic carbocycles. The van der Waals surface area contributed by atoms with Crippen molar-refractivity contribution in [2.75, 3.05) is 38.6 Å². The summed E-state index contributed by atoms with van der Waals surface area (Å²) in [5.41, 5.74) is 1.07. The standard InChI is InChI=1S/C12H21ClN4/c1-5-17(8-6-7-16(3)4)11-10(2)9-14-12(13)15-11/h9H,5-8H2,1-4H3. The van der Waals surface area contributed by atoms with E-state index in [2.05, 4.69) is 40.8 Å². The van der Waals surface area contributed by atoms with Crippen LogP contribution in [-0.4, -0.2) is 48.6 Å². The lowest BCUT2D eigenvalue weighted by Gasteiger charge is -2.24. The maximum absolute atomic E-state index is 5.85. The molecule has 0 aliphatic carbocycles. The highest BCUT2D eigenvalue weighted by Crippen LogP contribution is 2.18. The van der Waals surface area contributed by atoms with Gasteiger partial charge in [0.25, 0.3) is 0 Å². The molecule has 96 valence electrons. The van der Waals surface area contributed by atoms with Gasteiger partial charge in [0.15, 0.2) is 0 Å². The van der Waals surface area contributed by atoms with E-state index in [9.17, 15) is 0 Å². The van der Waals surface area contributed by atoms with Crippen LogP contribution >= 0.6 is 11.6 Å². The Morgan fingerprint density at radius 3 is 2.59 bits per heavy atom. The number of aryl methyl sites for hydroxylation is 1. The van der Waals surface area contributed by atoms with Gasteiger partial charge in [-0.05, 0) is 52.5 Å². The van der Waals surface area contributed by atoms with Crippen LogP contribution in [0.25, 0.3) is 0 Å². The van der Waals surface area contributed by atoms with Gasteiger partial charge in [-0.3, -0.25) is 0 Å². The van der Waals surface area contributed by atoms with E-state index in [0.29, 0.717) is 5.28 Å². The molecule has 0 fully saturated rings. The summed E-state index contributed by atoms with van der Waals surface area (Å²) in [7, 11) is 4.17. The van der Waals surface area contributed by atoms with Crippen LogP contribution in [0.4, 0.5) is 5.82 Å². The van der Waals surface area contributed by atoms with Crippen molar-refractivity contribution < 1.29 is 0 Å². The average molecular weight is 257 g/mol. The van der Waals surface area contributed by atoms with Crippen molar-refractivity contribution in [3.05, 3.63) is 17.0 Å². The molecule has 0 saturated carbocycles. The second kappa shape index (κ2) is 6.77. The lowest BCUT2D eigenvalue weighted by molar-refractivity contribution is 0.400. The first-order valence-corrected chi connectivity index (χ1v) is 6.31. The summed E-state index contributed by atoms with van der Waals surface area (Å²) in [5.74, 6) is 0.950. The van der Waals surface area contributed by atoms with Crippen LogP contribution in [0.15, 0.2) is 6.20 Å². The summed E-state index contributed by atoms with van der Waals surface area (Å²) >= 11 is 5.85. The van der Waals surface area contributed by atoms with Crippen molar-refractivity contribution >= 4 is 17.4 Å². The Hall–Kier alpha value is -0.870. The van der Waals surface area contributed by atoms with Crippen LogP contribution in [-0.2, 0) is 0 Å². The summed E-state index contributed by atoms with van der Waals surface area (Å²) in [6.45, 7) is 7.14. The largest absolute Gasteiger partial charge is 0.356 e. The lowest BCUT2D eigenvalue weighted by atomic mass is 10.3. The fourth-order valence-electron chi connectivity index (χ4n) is 1.72. The molecule has 0 amide bonds. The van der Waals surface area contributed by atoms with E-state index >= 15 is 0 Å². The van der Waals surface area contributed by atoms with Gasteiger partial charge in [0.1, 0.15) is 5.82 Å². The minimum absolute atomic E-state index is 0.316. The fraction of sp³-hybridized carbons (Fsp3) is 0.667. The van der Waals surface area contributed by atoms with Crippen molar-refractivity contribution in [3.63, 3.8) is 0 Å². The zero-order valence-electron chi connectivity index (χ0n) is 11.1. The monoisotopic (exact) mass is 256 g/mol. The maximum atomic E-state index is 5.85. The first-order chi connectivity index (χ1) is 8.04. The molecule has 1 aromatic rings. The third-order valence-corrected chi connectivity index (χ3v) is 2.81. The van der Waals surface area contributed by atoms with Gasteiger partial charge in [0.2, 0.25) is 5.28 Å². The molecule has 5 heteroatoms. The molecular weight excluding hydrogens is 236 g/mol. The van der Waals surface area contributed by atoms with E-state index in [4.69, 9.17) is 11.6 Å². The molecule has 0 unspecified atom stereocenters. The third kappa shape index (κ3) is 4.48. The van der Waals surface area contributed by atoms with Gasteiger partial charge in [-0.25, -0.2) is 9.97 Å².